The Labute approximate surface area is 114 Å². The van der Waals surface area contributed by atoms with Crippen molar-refractivity contribution >= 4 is 5.97 Å². The zero-order valence-electron chi connectivity index (χ0n) is 11.8. The minimum atomic E-state index is -0.926. The third-order valence-electron chi connectivity index (χ3n) is 3.50. The van der Waals surface area contributed by atoms with Crippen LogP contribution in [0.25, 0.3) is 0 Å². The minimum Gasteiger partial charge on any atom is -0.501 e. The van der Waals surface area contributed by atoms with Crippen molar-refractivity contribution in [3.63, 3.8) is 0 Å². The number of unbranched alkanes of at least 4 members (excludes halogenated alkanes) is 2. The van der Waals surface area contributed by atoms with E-state index in [2.05, 4.69) is 6.92 Å². The molecule has 4 heteroatoms. The van der Waals surface area contributed by atoms with Crippen LogP contribution < -0.4 is 0 Å². The summed E-state index contributed by atoms with van der Waals surface area (Å²) in [5.74, 6) is -0.514. The molecule has 0 saturated heterocycles. The molecule has 0 aliphatic heterocycles. The molecule has 0 heterocycles. The lowest BCUT2D eigenvalue weighted by Gasteiger charge is -2.09. The van der Waals surface area contributed by atoms with E-state index in [1.807, 2.05) is 6.08 Å². The van der Waals surface area contributed by atoms with Crippen LogP contribution >= 0.6 is 0 Å². The predicted octanol–water partition coefficient (Wildman–Crippen LogP) is 2.88. The number of aliphatic hydroxyl groups is 1. The maximum atomic E-state index is 11.2. The number of methoxy groups -OCH3 is 1. The van der Waals surface area contributed by atoms with Gasteiger partial charge in [-0.1, -0.05) is 38.3 Å². The highest BCUT2D eigenvalue weighted by atomic mass is 16.5. The van der Waals surface area contributed by atoms with Crippen molar-refractivity contribution in [2.75, 3.05) is 7.11 Å². The quantitative estimate of drug-likeness (QED) is 0.524. The summed E-state index contributed by atoms with van der Waals surface area (Å²) in [5, 5.41) is 19.0. The molecule has 0 spiro atoms. The van der Waals surface area contributed by atoms with Gasteiger partial charge in [-0.3, -0.25) is 0 Å². The van der Waals surface area contributed by atoms with Gasteiger partial charge in [-0.15, -0.1) is 0 Å². The van der Waals surface area contributed by atoms with Crippen molar-refractivity contribution in [2.45, 2.75) is 51.6 Å². The Bertz CT molecular complexity index is 357. The first-order valence-electron chi connectivity index (χ1n) is 6.96. The molecule has 4 nitrogen and oxygen atoms in total. The van der Waals surface area contributed by atoms with Crippen molar-refractivity contribution in [1.29, 1.82) is 0 Å². The van der Waals surface area contributed by atoms with E-state index in [9.17, 15) is 15.0 Å². The van der Waals surface area contributed by atoms with Crippen molar-refractivity contribution in [3.8, 4) is 0 Å². The number of carboxylic acid groups (broad SMARTS) is 1. The summed E-state index contributed by atoms with van der Waals surface area (Å²) in [6, 6.07) is 0. The smallest absolute Gasteiger partial charge is 0.335 e. The lowest BCUT2D eigenvalue weighted by atomic mass is 9.99. The number of hydrogen-bond acceptors (Lipinski definition) is 3. The number of hydrogen-bond donors (Lipinski definition) is 2. The van der Waals surface area contributed by atoms with Crippen LogP contribution in [0, 0.1) is 5.92 Å². The number of ether oxygens (including phenoxy) is 1. The molecule has 2 N–H and O–H groups in total. The van der Waals surface area contributed by atoms with Crippen LogP contribution in [0.2, 0.25) is 0 Å². The molecule has 0 radical (unpaired) electrons. The Hall–Kier alpha value is -1.29. The highest BCUT2D eigenvalue weighted by Gasteiger charge is 2.29. The molecule has 1 aliphatic carbocycles. The van der Waals surface area contributed by atoms with Gasteiger partial charge < -0.3 is 14.9 Å². The number of rotatable bonds is 8. The summed E-state index contributed by atoms with van der Waals surface area (Å²) in [6.07, 6.45) is 8.42. The standard InChI is InChI=1S/C15H24O4/c1-3-4-5-6-12(16)9-7-11-8-10-13(19-2)14(11)15(17)18/h7,9,11-12,16H,3-6,8,10H2,1-2H3,(H,17,18). The Kier molecular flexibility index (Phi) is 6.64. The fourth-order valence-electron chi connectivity index (χ4n) is 2.42. The lowest BCUT2D eigenvalue weighted by Crippen LogP contribution is -2.10. The Morgan fingerprint density at radius 3 is 2.84 bits per heavy atom. The number of carboxylic acids is 1. The summed E-state index contributed by atoms with van der Waals surface area (Å²) >= 11 is 0. The van der Waals surface area contributed by atoms with Gasteiger partial charge in [0.25, 0.3) is 0 Å². The minimum absolute atomic E-state index is 0.145. The number of aliphatic carboxylic acids is 1. The van der Waals surface area contributed by atoms with Crippen LogP contribution in [0.4, 0.5) is 0 Å². The van der Waals surface area contributed by atoms with Gasteiger partial charge in [-0.05, 0) is 12.8 Å². The summed E-state index contributed by atoms with van der Waals surface area (Å²) in [5.41, 5.74) is 0.333. The van der Waals surface area contributed by atoms with Gasteiger partial charge in [0, 0.05) is 12.3 Å². The van der Waals surface area contributed by atoms with Crippen LogP contribution in [-0.2, 0) is 9.53 Å². The third kappa shape index (κ3) is 4.71. The molecular weight excluding hydrogens is 244 g/mol. The Balaban J connectivity index is 2.56. The van der Waals surface area contributed by atoms with Crippen molar-refractivity contribution < 1.29 is 19.7 Å². The second-order valence-corrected chi connectivity index (χ2v) is 4.94. The van der Waals surface area contributed by atoms with Gasteiger partial charge in [0.2, 0.25) is 0 Å². The molecule has 0 aromatic heterocycles. The first-order valence-corrected chi connectivity index (χ1v) is 6.96. The largest absolute Gasteiger partial charge is 0.501 e. The second kappa shape index (κ2) is 8.00. The fraction of sp³-hybridized carbons (Fsp3) is 0.667. The molecule has 2 unspecified atom stereocenters. The van der Waals surface area contributed by atoms with E-state index in [0.717, 1.165) is 32.1 Å². The fourth-order valence-corrected chi connectivity index (χ4v) is 2.42. The average Bonchev–Trinajstić information content (AvgIpc) is 2.79. The maximum Gasteiger partial charge on any atom is 0.335 e. The van der Waals surface area contributed by atoms with Crippen LogP contribution in [0.3, 0.4) is 0 Å². The van der Waals surface area contributed by atoms with Gasteiger partial charge in [0.1, 0.15) is 5.76 Å². The molecule has 0 amide bonds. The molecule has 0 bridgehead atoms. The zero-order valence-corrected chi connectivity index (χ0v) is 11.8. The van der Waals surface area contributed by atoms with Crippen LogP contribution in [-0.4, -0.2) is 29.4 Å². The molecule has 0 saturated carbocycles. The van der Waals surface area contributed by atoms with E-state index in [1.54, 1.807) is 6.08 Å². The lowest BCUT2D eigenvalue weighted by molar-refractivity contribution is -0.133. The SMILES string of the molecule is CCCCCC(O)C=CC1CCC(OC)=C1C(=O)O. The topological polar surface area (TPSA) is 66.8 Å². The number of aliphatic hydroxyl groups excluding tert-OH is 1. The molecule has 2 atom stereocenters. The molecule has 108 valence electrons. The second-order valence-electron chi connectivity index (χ2n) is 4.94. The summed E-state index contributed by atoms with van der Waals surface area (Å²) in [7, 11) is 1.50. The molecule has 0 aromatic carbocycles. The van der Waals surface area contributed by atoms with Crippen molar-refractivity contribution in [2.24, 2.45) is 5.92 Å². The van der Waals surface area contributed by atoms with E-state index < -0.39 is 12.1 Å². The normalized spacial score (nSPS) is 21.1. The van der Waals surface area contributed by atoms with Gasteiger partial charge in [-0.2, -0.15) is 0 Å². The Morgan fingerprint density at radius 2 is 2.26 bits per heavy atom. The maximum absolute atomic E-state index is 11.2. The van der Waals surface area contributed by atoms with Gasteiger partial charge in [0.15, 0.2) is 0 Å². The number of allylic oxidation sites excluding steroid dienone is 2. The number of carbonyl (C=O) groups is 1. The molecule has 0 aromatic rings. The molecule has 0 fully saturated rings. The predicted molar refractivity (Wildman–Crippen MR) is 73.7 cm³/mol. The van der Waals surface area contributed by atoms with Crippen LogP contribution in [0.5, 0.6) is 0 Å². The highest BCUT2D eigenvalue weighted by molar-refractivity contribution is 5.88. The van der Waals surface area contributed by atoms with E-state index in [-0.39, 0.29) is 5.92 Å². The van der Waals surface area contributed by atoms with E-state index in [4.69, 9.17) is 4.74 Å². The van der Waals surface area contributed by atoms with Crippen molar-refractivity contribution in [1.82, 2.24) is 0 Å². The van der Waals surface area contributed by atoms with Gasteiger partial charge >= 0.3 is 5.97 Å². The van der Waals surface area contributed by atoms with E-state index in [0.29, 0.717) is 17.8 Å². The monoisotopic (exact) mass is 268 g/mol. The summed E-state index contributed by atoms with van der Waals surface area (Å²) in [6.45, 7) is 2.12. The van der Waals surface area contributed by atoms with E-state index in [1.165, 1.54) is 7.11 Å². The average molecular weight is 268 g/mol. The Morgan fingerprint density at radius 1 is 1.53 bits per heavy atom. The first kappa shape index (κ1) is 15.8. The van der Waals surface area contributed by atoms with Gasteiger partial charge in [-0.25, -0.2) is 4.79 Å². The van der Waals surface area contributed by atoms with Crippen LogP contribution in [0.1, 0.15) is 45.4 Å². The molecule has 19 heavy (non-hydrogen) atoms. The molecule has 1 rings (SSSR count). The highest BCUT2D eigenvalue weighted by Crippen LogP contribution is 2.33. The molecular formula is C15H24O4. The van der Waals surface area contributed by atoms with Gasteiger partial charge in [0.05, 0.1) is 18.8 Å². The van der Waals surface area contributed by atoms with E-state index >= 15 is 0 Å². The van der Waals surface area contributed by atoms with Crippen LogP contribution in [0.15, 0.2) is 23.5 Å². The third-order valence-corrected chi connectivity index (χ3v) is 3.50. The summed E-state index contributed by atoms with van der Waals surface area (Å²) in [4.78, 5) is 11.2. The summed E-state index contributed by atoms with van der Waals surface area (Å²) < 4.78 is 5.10. The zero-order chi connectivity index (χ0) is 14.3. The van der Waals surface area contributed by atoms with Crippen molar-refractivity contribution in [3.05, 3.63) is 23.5 Å². The molecule has 1 aliphatic rings. The first-order chi connectivity index (χ1) is 9.10.